The van der Waals surface area contributed by atoms with Crippen LogP contribution in [-0.4, -0.2) is 57.4 Å². The molecule has 260 valence electrons. The van der Waals surface area contributed by atoms with E-state index in [0.29, 0.717) is 41.8 Å². The first-order valence-corrected chi connectivity index (χ1v) is 17.8. The molecule has 1 atom stereocenters. The minimum atomic E-state index is -0.849. The lowest BCUT2D eigenvalue weighted by atomic mass is 9.79. The summed E-state index contributed by atoms with van der Waals surface area (Å²) in [5, 5.41) is 12.9. The highest BCUT2D eigenvalue weighted by atomic mass is 19.1. The number of nitrogens with zero attached hydrogens (tertiary/aromatic N) is 3. The van der Waals surface area contributed by atoms with Gasteiger partial charge in [-0.05, 0) is 92.5 Å². The van der Waals surface area contributed by atoms with Crippen LogP contribution >= 0.6 is 0 Å². The third kappa shape index (κ3) is 8.33. The minimum Gasteiger partial charge on any atom is -0.339 e. The number of amides is 4. The quantitative estimate of drug-likeness (QED) is 0.261. The highest BCUT2D eigenvalue weighted by molar-refractivity contribution is 6.04. The molecule has 3 N–H and O–H groups in total. The Balaban J connectivity index is 1.36. The van der Waals surface area contributed by atoms with Crippen LogP contribution in [0, 0.1) is 23.6 Å². The molecule has 3 aliphatic rings. The van der Waals surface area contributed by atoms with Gasteiger partial charge in [0.05, 0.1) is 11.7 Å². The number of anilines is 1. The maximum Gasteiger partial charge on any atom is 0.270 e. The smallest absolute Gasteiger partial charge is 0.270 e. The zero-order valence-corrected chi connectivity index (χ0v) is 28.8. The van der Waals surface area contributed by atoms with Crippen LogP contribution < -0.4 is 16.0 Å². The summed E-state index contributed by atoms with van der Waals surface area (Å²) in [4.78, 5) is 55.1. The Morgan fingerprint density at radius 3 is 2.25 bits per heavy atom. The molecule has 1 saturated heterocycles. The number of piperidine rings is 1. The van der Waals surface area contributed by atoms with E-state index >= 15 is 4.39 Å². The summed E-state index contributed by atoms with van der Waals surface area (Å²) in [5.74, 6) is -1.11. The zero-order chi connectivity index (χ0) is 34.4. The fourth-order valence-electron chi connectivity index (χ4n) is 7.28. The molecular formula is C37H51FN6O4. The topological polar surface area (TPSA) is 125 Å². The first kappa shape index (κ1) is 35.3. The molecule has 2 heterocycles. The number of benzene rings is 1. The molecule has 0 bridgehead atoms. The van der Waals surface area contributed by atoms with Gasteiger partial charge in [0.25, 0.3) is 11.8 Å². The van der Waals surface area contributed by atoms with Gasteiger partial charge in [-0.1, -0.05) is 52.5 Å². The van der Waals surface area contributed by atoms with Gasteiger partial charge in [0.2, 0.25) is 11.8 Å². The van der Waals surface area contributed by atoms with E-state index in [0.717, 1.165) is 64.2 Å². The molecule has 3 fully saturated rings. The molecule has 5 rings (SSSR count). The highest BCUT2D eigenvalue weighted by Crippen LogP contribution is 2.33. The number of hydrogen-bond acceptors (Lipinski definition) is 5. The van der Waals surface area contributed by atoms with Crippen molar-refractivity contribution in [3.05, 3.63) is 53.2 Å². The summed E-state index contributed by atoms with van der Waals surface area (Å²) in [5.41, 5.74) is 1.41. The number of allylic oxidation sites excluding steroid dienone is 1. The minimum absolute atomic E-state index is 0.0218. The van der Waals surface area contributed by atoms with Crippen molar-refractivity contribution in [3.63, 3.8) is 0 Å². The van der Waals surface area contributed by atoms with Crippen LogP contribution in [0.15, 0.2) is 36.2 Å². The maximum atomic E-state index is 15.7. The summed E-state index contributed by atoms with van der Waals surface area (Å²) in [6, 6.07) is 5.38. The highest BCUT2D eigenvalue weighted by Gasteiger charge is 2.34. The van der Waals surface area contributed by atoms with Crippen molar-refractivity contribution in [3.8, 4) is 0 Å². The van der Waals surface area contributed by atoms with Crippen molar-refractivity contribution < 1.29 is 23.6 Å². The molecule has 0 spiro atoms. The van der Waals surface area contributed by atoms with E-state index in [4.69, 9.17) is 0 Å². The van der Waals surface area contributed by atoms with Gasteiger partial charge in [0, 0.05) is 25.7 Å². The average molecular weight is 663 g/mol. The molecule has 1 aromatic carbocycles. The van der Waals surface area contributed by atoms with Crippen LogP contribution in [0.1, 0.15) is 120 Å². The summed E-state index contributed by atoms with van der Waals surface area (Å²) in [6.07, 6.45) is 11.2. The fraction of sp³-hybridized carbons (Fsp3) is 0.595. The van der Waals surface area contributed by atoms with E-state index in [1.807, 2.05) is 0 Å². The third-order valence-electron chi connectivity index (χ3n) is 10.6. The SMILES string of the molecule is CCC(=O)N/C(C(=O)N1CCC(C)CC1)=C(\C)c1ccc(NC(=O)[C@@H](NC(=O)c2ccnn2C2CCCC2)C2CCC(C)CC2)c(F)c1. The monoisotopic (exact) mass is 662 g/mol. The first-order chi connectivity index (χ1) is 23.0. The Morgan fingerprint density at radius 2 is 1.60 bits per heavy atom. The second-order valence-electron chi connectivity index (χ2n) is 14.1. The molecule has 2 aliphatic carbocycles. The Hall–Kier alpha value is -4.02. The first-order valence-electron chi connectivity index (χ1n) is 17.8. The lowest BCUT2D eigenvalue weighted by Gasteiger charge is -2.32. The number of carbonyl (C=O) groups excluding carboxylic acids is 4. The Morgan fingerprint density at radius 1 is 0.938 bits per heavy atom. The Bertz CT molecular complexity index is 1510. The number of aromatic nitrogens is 2. The largest absolute Gasteiger partial charge is 0.339 e. The van der Waals surface area contributed by atoms with Gasteiger partial charge in [-0.25, -0.2) is 4.39 Å². The molecule has 2 aromatic rings. The average Bonchev–Trinajstić information content (AvgIpc) is 3.80. The molecule has 1 aromatic heterocycles. The molecule has 4 amide bonds. The van der Waals surface area contributed by atoms with Crippen molar-refractivity contribution in [2.24, 2.45) is 17.8 Å². The van der Waals surface area contributed by atoms with E-state index < -0.39 is 17.8 Å². The number of carbonyl (C=O) groups is 4. The number of hydrogen-bond donors (Lipinski definition) is 3. The Labute approximate surface area is 283 Å². The molecule has 0 radical (unpaired) electrons. The number of rotatable bonds is 10. The summed E-state index contributed by atoms with van der Waals surface area (Å²) in [7, 11) is 0. The number of halogens is 1. The molecule has 10 nitrogen and oxygen atoms in total. The molecule has 0 unspecified atom stereocenters. The van der Waals surface area contributed by atoms with Gasteiger partial charge in [0.15, 0.2) is 0 Å². The van der Waals surface area contributed by atoms with Crippen LogP contribution in [0.4, 0.5) is 10.1 Å². The second kappa shape index (κ2) is 15.9. The van der Waals surface area contributed by atoms with Gasteiger partial charge in [0.1, 0.15) is 23.3 Å². The van der Waals surface area contributed by atoms with E-state index in [-0.39, 0.29) is 47.5 Å². The van der Waals surface area contributed by atoms with Crippen molar-refractivity contribution >= 4 is 34.9 Å². The van der Waals surface area contributed by atoms with Gasteiger partial charge in [-0.2, -0.15) is 5.10 Å². The number of nitrogens with one attached hydrogen (secondary N) is 3. The fourth-order valence-corrected chi connectivity index (χ4v) is 7.28. The van der Waals surface area contributed by atoms with E-state index in [9.17, 15) is 19.2 Å². The van der Waals surface area contributed by atoms with Gasteiger partial charge in [-0.15, -0.1) is 0 Å². The van der Waals surface area contributed by atoms with Crippen LogP contribution in [0.5, 0.6) is 0 Å². The number of likely N-dealkylation sites (tertiary alicyclic amines) is 1. The normalized spacial score (nSPS) is 21.7. The molecule has 2 saturated carbocycles. The lowest BCUT2D eigenvalue weighted by molar-refractivity contribution is -0.130. The molecule has 11 heteroatoms. The maximum absolute atomic E-state index is 15.7. The van der Waals surface area contributed by atoms with Crippen LogP contribution in [0.2, 0.25) is 0 Å². The summed E-state index contributed by atoms with van der Waals surface area (Å²) in [6.45, 7) is 8.94. The van der Waals surface area contributed by atoms with E-state index in [1.165, 1.54) is 12.1 Å². The summed E-state index contributed by atoms with van der Waals surface area (Å²) < 4.78 is 17.5. The van der Waals surface area contributed by atoms with Crippen molar-refractivity contribution in [2.75, 3.05) is 18.4 Å². The standard InChI is InChI=1S/C37H51FN6O4/c1-5-32(45)41-33(37(48)43-20-17-24(3)18-21-43)25(4)27-14-15-30(29(38)22-27)40-36(47)34(26-12-10-23(2)11-13-26)42-35(46)31-16-19-39-44(31)28-8-6-7-9-28/h14-16,19,22-24,26,28,34H,5-13,17-18,20-21H2,1-4H3,(H,40,47)(H,41,45)(H,42,46)/b33-25+/t23?,26?,34-/m0/s1. The second-order valence-corrected chi connectivity index (χ2v) is 14.1. The third-order valence-corrected chi connectivity index (χ3v) is 10.6. The van der Waals surface area contributed by atoms with Gasteiger partial charge in [-0.3, -0.25) is 23.9 Å². The van der Waals surface area contributed by atoms with Crippen molar-refractivity contribution in [1.82, 2.24) is 25.3 Å². The Kier molecular flexibility index (Phi) is 11.7. The zero-order valence-electron chi connectivity index (χ0n) is 28.8. The molecule has 48 heavy (non-hydrogen) atoms. The van der Waals surface area contributed by atoms with Crippen LogP contribution in [-0.2, 0) is 14.4 Å². The molecule has 1 aliphatic heterocycles. The summed E-state index contributed by atoms with van der Waals surface area (Å²) >= 11 is 0. The van der Waals surface area contributed by atoms with Gasteiger partial charge < -0.3 is 20.9 Å². The van der Waals surface area contributed by atoms with Crippen LogP contribution in [0.25, 0.3) is 5.57 Å². The van der Waals surface area contributed by atoms with Crippen molar-refractivity contribution in [2.45, 2.75) is 110 Å². The predicted molar refractivity (Wildman–Crippen MR) is 183 cm³/mol. The molecular weight excluding hydrogens is 611 g/mol. The lowest BCUT2D eigenvalue weighted by Crippen LogP contribution is -2.49. The van der Waals surface area contributed by atoms with E-state index in [1.54, 1.807) is 41.8 Å². The van der Waals surface area contributed by atoms with Gasteiger partial charge >= 0.3 is 0 Å². The van der Waals surface area contributed by atoms with Crippen molar-refractivity contribution in [1.29, 1.82) is 0 Å². The van der Waals surface area contributed by atoms with Crippen LogP contribution in [0.3, 0.4) is 0 Å². The van der Waals surface area contributed by atoms with E-state index in [2.05, 4.69) is 34.9 Å². The predicted octanol–water partition coefficient (Wildman–Crippen LogP) is 6.22.